The van der Waals surface area contributed by atoms with Gasteiger partial charge in [-0.15, -0.1) is 6.58 Å². The van der Waals surface area contributed by atoms with Gasteiger partial charge < -0.3 is 14.6 Å². The number of hydrogen-bond acceptors (Lipinski definition) is 4. The molecule has 5 nitrogen and oxygen atoms in total. The van der Waals surface area contributed by atoms with Gasteiger partial charge in [-0.1, -0.05) is 40.7 Å². The summed E-state index contributed by atoms with van der Waals surface area (Å²) in [7, 11) is -2.16. The van der Waals surface area contributed by atoms with E-state index in [1.807, 2.05) is 6.92 Å². The van der Waals surface area contributed by atoms with E-state index in [4.69, 9.17) is 4.43 Å². The van der Waals surface area contributed by atoms with Crippen LogP contribution in [-0.2, 0) is 14.0 Å². The normalized spacial score (nSPS) is 16.4. The predicted molar refractivity (Wildman–Crippen MR) is 112 cm³/mol. The third-order valence-electron chi connectivity index (χ3n) is 5.79. The molecule has 0 saturated carbocycles. The number of rotatable bonds is 13. The lowest BCUT2D eigenvalue weighted by atomic mass is 9.75. The molecule has 0 amide bonds. The monoisotopic (exact) mass is 398 g/mol. The molecule has 0 fully saturated rings. The average molecular weight is 399 g/mol. The highest BCUT2D eigenvalue weighted by Crippen LogP contribution is 2.37. The average Bonchev–Trinajstić information content (AvgIpc) is 2.63. The molecule has 0 aromatic carbocycles. The zero-order valence-electron chi connectivity index (χ0n) is 18.0. The number of carbonyl (C=O) groups is 2. The highest BCUT2D eigenvalue weighted by molar-refractivity contribution is 6.73. The van der Waals surface area contributed by atoms with Gasteiger partial charge >= 0.3 is 5.97 Å². The lowest BCUT2D eigenvalue weighted by molar-refractivity contribution is -0.134. The van der Waals surface area contributed by atoms with Gasteiger partial charge in [-0.25, -0.2) is 4.79 Å². The topological polar surface area (TPSA) is 83.8 Å². The number of hydrogen-bond donors (Lipinski definition) is 2. The summed E-state index contributed by atoms with van der Waals surface area (Å²) in [6.07, 6.45) is 2.52. The van der Waals surface area contributed by atoms with Crippen LogP contribution in [-0.4, -0.2) is 36.4 Å². The molecule has 156 valence electrons. The Labute approximate surface area is 165 Å². The number of ketones is 1. The van der Waals surface area contributed by atoms with E-state index >= 15 is 0 Å². The molecular formula is C21H38O5Si. The maximum Gasteiger partial charge on any atom is 0.331 e. The molecule has 0 rings (SSSR count). The van der Waals surface area contributed by atoms with Crippen molar-refractivity contribution in [3.63, 3.8) is 0 Å². The Morgan fingerprint density at radius 2 is 1.63 bits per heavy atom. The van der Waals surface area contributed by atoms with Crippen molar-refractivity contribution in [2.24, 2.45) is 17.3 Å². The van der Waals surface area contributed by atoms with Gasteiger partial charge in [0, 0.05) is 5.92 Å². The Balaban J connectivity index is 5.86. The molecule has 0 aliphatic rings. The molecule has 0 saturated heterocycles. The first-order valence-electron chi connectivity index (χ1n) is 9.89. The van der Waals surface area contributed by atoms with Gasteiger partial charge in [-0.2, -0.15) is 0 Å². The van der Waals surface area contributed by atoms with E-state index in [0.717, 1.165) is 24.2 Å². The number of carbonyl (C=O) groups excluding carboxylic acids is 1. The Morgan fingerprint density at radius 1 is 1.15 bits per heavy atom. The van der Waals surface area contributed by atoms with E-state index < -0.39 is 31.7 Å². The molecular weight excluding hydrogens is 360 g/mol. The van der Waals surface area contributed by atoms with E-state index in [2.05, 4.69) is 27.4 Å². The van der Waals surface area contributed by atoms with E-state index in [9.17, 15) is 19.8 Å². The number of aliphatic carboxylic acids is 1. The highest BCUT2D eigenvalue weighted by Gasteiger charge is 2.43. The van der Waals surface area contributed by atoms with E-state index in [1.165, 1.54) is 0 Å². The molecule has 0 radical (unpaired) electrons. The van der Waals surface area contributed by atoms with Gasteiger partial charge in [-0.3, -0.25) is 4.79 Å². The summed E-state index contributed by atoms with van der Waals surface area (Å²) in [6.45, 7) is 16.8. The van der Waals surface area contributed by atoms with Crippen LogP contribution in [0.4, 0.5) is 0 Å². The zero-order chi connectivity index (χ0) is 21.4. The van der Waals surface area contributed by atoms with Crippen LogP contribution in [0.3, 0.4) is 0 Å². The van der Waals surface area contributed by atoms with Crippen LogP contribution in [0.2, 0.25) is 18.1 Å². The Bertz CT molecular complexity index is 541. The number of aliphatic hydroxyl groups is 1. The molecule has 0 aliphatic carbocycles. The van der Waals surface area contributed by atoms with Crippen molar-refractivity contribution in [1.29, 1.82) is 0 Å². The van der Waals surface area contributed by atoms with Gasteiger partial charge in [0.05, 0.1) is 23.4 Å². The fourth-order valence-corrected chi connectivity index (χ4v) is 6.10. The van der Waals surface area contributed by atoms with Crippen LogP contribution >= 0.6 is 0 Å². The van der Waals surface area contributed by atoms with Crippen LogP contribution < -0.4 is 0 Å². The van der Waals surface area contributed by atoms with Gasteiger partial charge in [0.25, 0.3) is 0 Å². The second kappa shape index (κ2) is 10.8. The Kier molecular flexibility index (Phi) is 10.2. The molecule has 3 unspecified atom stereocenters. The lowest BCUT2D eigenvalue weighted by Crippen LogP contribution is -2.44. The van der Waals surface area contributed by atoms with Crippen molar-refractivity contribution in [3.05, 3.63) is 24.5 Å². The van der Waals surface area contributed by atoms with Crippen molar-refractivity contribution >= 4 is 20.1 Å². The SMILES string of the molecule is C=CCC(C)C(O)C(C)C(=O)C(C)(C)C(=CC(=O)O)O[Si](CC)(CC)CC. The maximum absolute atomic E-state index is 13.2. The van der Waals surface area contributed by atoms with Crippen molar-refractivity contribution in [3.8, 4) is 0 Å². The van der Waals surface area contributed by atoms with Crippen LogP contribution in [0.1, 0.15) is 54.9 Å². The molecule has 0 aliphatic heterocycles. The molecule has 3 atom stereocenters. The minimum Gasteiger partial charge on any atom is -0.545 e. The maximum atomic E-state index is 13.2. The fourth-order valence-electron chi connectivity index (χ4n) is 3.39. The molecule has 0 aromatic rings. The molecule has 0 heterocycles. The summed E-state index contributed by atoms with van der Waals surface area (Å²) in [5.41, 5.74) is -1.13. The third kappa shape index (κ3) is 6.61. The zero-order valence-corrected chi connectivity index (χ0v) is 19.0. The second-order valence-corrected chi connectivity index (χ2v) is 12.7. The first-order chi connectivity index (χ1) is 12.4. The van der Waals surface area contributed by atoms with E-state index in [-0.39, 0.29) is 17.5 Å². The second-order valence-electron chi connectivity index (χ2n) is 7.96. The van der Waals surface area contributed by atoms with Gasteiger partial charge in [0.2, 0.25) is 8.32 Å². The first kappa shape index (κ1) is 25.6. The van der Waals surface area contributed by atoms with Gasteiger partial charge in [0.15, 0.2) is 5.78 Å². The quantitative estimate of drug-likeness (QED) is 0.202. The summed E-state index contributed by atoms with van der Waals surface area (Å²) < 4.78 is 6.32. The molecule has 0 aromatic heterocycles. The number of allylic oxidation sites excluding steroid dienone is 2. The summed E-state index contributed by atoms with van der Waals surface area (Å²) in [4.78, 5) is 24.6. The summed E-state index contributed by atoms with van der Waals surface area (Å²) in [5.74, 6) is -1.90. The fraction of sp³-hybridized carbons (Fsp3) is 0.714. The molecule has 0 spiro atoms. The van der Waals surface area contributed by atoms with E-state index in [0.29, 0.717) is 6.42 Å². The Hall–Kier alpha value is -1.40. The van der Waals surface area contributed by atoms with Crippen LogP contribution in [0.5, 0.6) is 0 Å². The minimum atomic E-state index is -2.16. The Morgan fingerprint density at radius 3 is 2.00 bits per heavy atom. The van der Waals surface area contributed by atoms with Crippen LogP contribution in [0.15, 0.2) is 24.5 Å². The standard InChI is InChI=1S/C21H38O5Si/c1-9-13-15(5)19(24)16(6)20(25)21(7,8)17(14-18(22)23)26-27(10-2,11-3)12-4/h9,14-16,19,24H,1,10-13H2,2-8H3,(H,22,23). The minimum absolute atomic E-state index is 0.111. The van der Waals surface area contributed by atoms with Crippen molar-refractivity contribution < 1.29 is 24.2 Å². The van der Waals surface area contributed by atoms with Crippen LogP contribution in [0.25, 0.3) is 0 Å². The number of carboxylic acid groups (broad SMARTS) is 1. The lowest BCUT2D eigenvalue weighted by Gasteiger charge is -2.38. The first-order valence-corrected chi connectivity index (χ1v) is 12.4. The number of carboxylic acids is 1. The number of aliphatic hydroxyl groups excluding tert-OH is 1. The smallest absolute Gasteiger partial charge is 0.331 e. The van der Waals surface area contributed by atoms with Crippen molar-refractivity contribution in [2.45, 2.75) is 79.1 Å². The largest absolute Gasteiger partial charge is 0.545 e. The third-order valence-corrected chi connectivity index (χ3v) is 10.3. The highest BCUT2D eigenvalue weighted by atomic mass is 28.4. The van der Waals surface area contributed by atoms with Gasteiger partial charge in [0.1, 0.15) is 0 Å². The predicted octanol–water partition coefficient (Wildman–Crippen LogP) is 4.78. The van der Waals surface area contributed by atoms with Crippen molar-refractivity contribution in [2.75, 3.05) is 0 Å². The van der Waals surface area contributed by atoms with Crippen molar-refractivity contribution in [1.82, 2.24) is 0 Å². The molecule has 2 N–H and O–H groups in total. The molecule has 0 bridgehead atoms. The van der Waals surface area contributed by atoms with Gasteiger partial charge in [-0.05, 0) is 44.3 Å². The summed E-state index contributed by atoms with van der Waals surface area (Å²) >= 11 is 0. The molecule has 27 heavy (non-hydrogen) atoms. The summed E-state index contributed by atoms with van der Waals surface area (Å²) in [6, 6.07) is 2.53. The summed E-state index contributed by atoms with van der Waals surface area (Å²) in [5, 5.41) is 19.9. The molecule has 6 heteroatoms. The number of Topliss-reactive ketones (excluding diaryl/α,β-unsaturated/α-hetero) is 1. The van der Waals surface area contributed by atoms with E-state index in [1.54, 1.807) is 26.8 Å². The van der Waals surface area contributed by atoms with Crippen LogP contribution in [0, 0.1) is 17.3 Å².